The molecule has 0 fully saturated rings. The molecule has 1 aromatic heterocycles. The van der Waals surface area contributed by atoms with E-state index in [0.717, 1.165) is 5.56 Å². The number of hydrogen-bond donors (Lipinski definition) is 2. The van der Waals surface area contributed by atoms with E-state index < -0.39 is 10.0 Å². The van der Waals surface area contributed by atoms with Crippen LogP contribution in [0.1, 0.15) is 11.1 Å². The summed E-state index contributed by atoms with van der Waals surface area (Å²) in [6, 6.07) is 6.53. The van der Waals surface area contributed by atoms with Crippen molar-refractivity contribution in [1.82, 2.24) is 9.78 Å². The molecule has 0 radical (unpaired) electrons. The second-order valence-electron chi connectivity index (χ2n) is 4.31. The first-order chi connectivity index (χ1) is 9.31. The number of aromatic nitrogens is 2. The van der Waals surface area contributed by atoms with Crippen molar-refractivity contribution < 1.29 is 8.42 Å². The smallest absolute Gasteiger partial charge is 0.263 e. The summed E-state index contributed by atoms with van der Waals surface area (Å²) in [4.78, 5) is 0.248. The predicted octanol–water partition coefficient (Wildman–Crippen LogP) is 1.16. The van der Waals surface area contributed by atoms with Crippen LogP contribution in [0.15, 0.2) is 35.4 Å². The number of nitrogens with zero attached hydrogens (tertiary/aromatic N) is 2. The molecule has 0 aliphatic heterocycles. The van der Waals surface area contributed by atoms with Crippen molar-refractivity contribution in [2.24, 2.45) is 12.8 Å². The van der Waals surface area contributed by atoms with E-state index in [9.17, 15) is 8.42 Å². The number of anilines is 1. The van der Waals surface area contributed by atoms with Gasteiger partial charge in [0.05, 0.1) is 16.7 Å². The first kappa shape index (κ1) is 14.5. The van der Waals surface area contributed by atoms with Gasteiger partial charge < -0.3 is 5.73 Å². The van der Waals surface area contributed by atoms with Gasteiger partial charge in [0.15, 0.2) is 0 Å². The predicted molar refractivity (Wildman–Crippen MR) is 81.1 cm³/mol. The van der Waals surface area contributed by atoms with E-state index in [0.29, 0.717) is 5.56 Å². The highest BCUT2D eigenvalue weighted by Crippen LogP contribution is 2.19. The van der Waals surface area contributed by atoms with Gasteiger partial charge in [0, 0.05) is 7.05 Å². The third-order valence-electron chi connectivity index (χ3n) is 2.77. The molecule has 20 heavy (non-hydrogen) atoms. The fourth-order valence-corrected chi connectivity index (χ4v) is 2.90. The van der Waals surface area contributed by atoms with Crippen molar-refractivity contribution in [3.8, 4) is 0 Å². The Labute approximate surface area is 122 Å². The molecule has 0 bridgehead atoms. The lowest BCUT2D eigenvalue weighted by Gasteiger charge is -2.10. The Bertz CT molecular complexity index is 748. The fourth-order valence-electron chi connectivity index (χ4n) is 1.64. The third kappa shape index (κ3) is 2.81. The molecule has 0 unspecified atom stereocenters. The summed E-state index contributed by atoms with van der Waals surface area (Å²) in [7, 11) is -2.10. The van der Waals surface area contributed by atoms with E-state index in [-0.39, 0.29) is 15.7 Å². The molecule has 0 aliphatic rings. The van der Waals surface area contributed by atoms with Gasteiger partial charge in [-0.2, -0.15) is 5.10 Å². The molecule has 3 N–H and O–H groups in total. The van der Waals surface area contributed by atoms with Crippen LogP contribution in [0.25, 0.3) is 0 Å². The van der Waals surface area contributed by atoms with E-state index >= 15 is 0 Å². The van der Waals surface area contributed by atoms with Crippen molar-refractivity contribution in [2.45, 2.75) is 11.8 Å². The van der Waals surface area contributed by atoms with Gasteiger partial charge in [0.25, 0.3) is 10.0 Å². The van der Waals surface area contributed by atoms with Gasteiger partial charge in [0.1, 0.15) is 10.8 Å². The van der Waals surface area contributed by atoms with Gasteiger partial charge in [0.2, 0.25) is 0 Å². The summed E-state index contributed by atoms with van der Waals surface area (Å²) in [5.41, 5.74) is 6.92. The van der Waals surface area contributed by atoms with Crippen LogP contribution in [0.4, 0.5) is 5.82 Å². The molecule has 0 saturated carbocycles. The number of nitrogens with one attached hydrogen (secondary N) is 1. The van der Waals surface area contributed by atoms with Crippen LogP contribution >= 0.6 is 12.2 Å². The lowest BCUT2D eigenvalue weighted by Crippen LogP contribution is -2.19. The van der Waals surface area contributed by atoms with Gasteiger partial charge in [-0.05, 0) is 19.1 Å². The highest BCUT2D eigenvalue weighted by atomic mass is 32.2. The largest absolute Gasteiger partial charge is 0.389 e. The minimum absolute atomic E-state index is 0.0831. The molecule has 0 saturated heterocycles. The quantitative estimate of drug-likeness (QED) is 0.827. The molecule has 0 atom stereocenters. The molecular formula is C12H14N4O2S2. The van der Waals surface area contributed by atoms with Gasteiger partial charge in [-0.1, -0.05) is 29.9 Å². The molecule has 106 valence electrons. The Balaban J connectivity index is 2.41. The highest BCUT2D eigenvalue weighted by molar-refractivity contribution is 7.92. The van der Waals surface area contributed by atoms with Crippen molar-refractivity contribution in [1.29, 1.82) is 0 Å². The van der Waals surface area contributed by atoms with Crippen molar-refractivity contribution >= 4 is 33.0 Å². The van der Waals surface area contributed by atoms with E-state index in [1.165, 1.54) is 23.0 Å². The number of thiocarbonyl (C=S) groups is 1. The zero-order chi connectivity index (χ0) is 14.9. The average Bonchev–Trinajstić information content (AvgIpc) is 2.71. The standard InChI is InChI=1S/C12H14N4O2S2/c1-8-3-5-9(6-4-8)20(17,18)15-12-10(11(13)19)7-14-16(12)2/h3-7,15H,1-2H3,(H2,13,19). The minimum atomic E-state index is -3.70. The minimum Gasteiger partial charge on any atom is -0.389 e. The number of hydrogen-bond acceptors (Lipinski definition) is 4. The fraction of sp³-hybridized carbons (Fsp3) is 0.167. The molecule has 8 heteroatoms. The third-order valence-corrected chi connectivity index (χ3v) is 4.34. The van der Waals surface area contributed by atoms with Gasteiger partial charge in [-0.3, -0.25) is 9.40 Å². The number of benzene rings is 1. The number of rotatable bonds is 4. The average molecular weight is 310 g/mol. The maximum Gasteiger partial charge on any atom is 0.263 e. The summed E-state index contributed by atoms with van der Waals surface area (Å²) < 4.78 is 28.4. The molecule has 2 rings (SSSR count). The summed E-state index contributed by atoms with van der Waals surface area (Å²) in [6.07, 6.45) is 1.43. The van der Waals surface area contributed by atoms with Crippen LogP contribution in [0, 0.1) is 6.92 Å². The lowest BCUT2D eigenvalue weighted by atomic mass is 10.2. The second-order valence-corrected chi connectivity index (χ2v) is 6.44. The SMILES string of the molecule is Cc1ccc(S(=O)(=O)Nc2c(C(N)=S)cnn2C)cc1. The highest BCUT2D eigenvalue weighted by Gasteiger charge is 2.19. The molecular weight excluding hydrogens is 296 g/mol. The van der Waals surface area contributed by atoms with Gasteiger partial charge >= 0.3 is 0 Å². The molecule has 6 nitrogen and oxygen atoms in total. The monoisotopic (exact) mass is 310 g/mol. The summed E-state index contributed by atoms with van der Waals surface area (Å²) in [5, 5.41) is 3.95. The summed E-state index contributed by atoms with van der Waals surface area (Å²) >= 11 is 4.88. The summed E-state index contributed by atoms with van der Waals surface area (Å²) in [6.45, 7) is 1.88. The van der Waals surface area contributed by atoms with Crippen LogP contribution in [-0.2, 0) is 17.1 Å². The zero-order valence-corrected chi connectivity index (χ0v) is 12.6. The molecule has 0 aliphatic carbocycles. The summed E-state index contributed by atoms with van der Waals surface area (Å²) in [5.74, 6) is 0.248. The van der Waals surface area contributed by atoms with Crippen LogP contribution < -0.4 is 10.5 Å². The Morgan fingerprint density at radius 2 is 1.95 bits per heavy atom. The molecule has 1 heterocycles. The topological polar surface area (TPSA) is 90.0 Å². The zero-order valence-electron chi connectivity index (χ0n) is 11.0. The Kier molecular flexibility index (Phi) is 3.78. The maximum atomic E-state index is 12.3. The van der Waals surface area contributed by atoms with E-state index in [1.54, 1.807) is 19.2 Å². The lowest BCUT2D eigenvalue weighted by molar-refractivity contribution is 0.600. The molecule has 1 aromatic carbocycles. The Morgan fingerprint density at radius 1 is 1.35 bits per heavy atom. The molecule has 0 amide bonds. The van der Waals surface area contributed by atoms with Crippen LogP contribution in [-0.4, -0.2) is 23.2 Å². The second kappa shape index (κ2) is 5.22. The number of nitrogens with two attached hydrogens (primary N) is 1. The van der Waals surface area contributed by atoms with Gasteiger partial charge in [-0.25, -0.2) is 8.42 Å². The van der Waals surface area contributed by atoms with E-state index in [4.69, 9.17) is 18.0 Å². The maximum absolute atomic E-state index is 12.3. The van der Waals surface area contributed by atoms with Crippen LogP contribution in [0.5, 0.6) is 0 Å². The number of aryl methyl sites for hydroxylation is 2. The normalized spacial score (nSPS) is 11.3. The van der Waals surface area contributed by atoms with Crippen LogP contribution in [0.2, 0.25) is 0 Å². The Hall–Kier alpha value is -1.93. The van der Waals surface area contributed by atoms with Gasteiger partial charge in [-0.15, -0.1) is 0 Å². The first-order valence-corrected chi connectivity index (χ1v) is 7.61. The molecule has 0 spiro atoms. The Morgan fingerprint density at radius 3 is 2.50 bits per heavy atom. The van der Waals surface area contributed by atoms with Crippen molar-refractivity contribution in [3.05, 3.63) is 41.6 Å². The van der Waals surface area contributed by atoms with Crippen molar-refractivity contribution in [3.63, 3.8) is 0 Å². The number of sulfonamides is 1. The van der Waals surface area contributed by atoms with E-state index in [1.807, 2.05) is 6.92 Å². The van der Waals surface area contributed by atoms with E-state index in [2.05, 4.69) is 9.82 Å². The first-order valence-electron chi connectivity index (χ1n) is 5.72. The van der Waals surface area contributed by atoms with Crippen LogP contribution in [0.3, 0.4) is 0 Å². The van der Waals surface area contributed by atoms with Crippen molar-refractivity contribution in [2.75, 3.05) is 4.72 Å². The molecule has 2 aromatic rings.